The first-order valence-electron chi connectivity index (χ1n) is 11.0. The van der Waals surface area contributed by atoms with E-state index in [4.69, 9.17) is 9.47 Å². The Morgan fingerprint density at radius 3 is 2.61 bits per heavy atom. The maximum absolute atomic E-state index is 13.2. The molecule has 1 amide bonds. The molecule has 0 radical (unpaired) electrons. The summed E-state index contributed by atoms with van der Waals surface area (Å²) in [7, 11) is 0. The summed E-state index contributed by atoms with van der Waals surface area (Å²) in [5.41, 5.74) is 1.09. The van der Waals surface area contributed by atoms with Crippen LogP contribution in [0.15, 0.2) is 30.3 Å². The van der Waals surface area contributed by atoms with Gasteiger partial charge in [0.25, 0.3) is 0 Å². The van der Waals surface area contributed by atoms with Crippen molar-refractivity contribution in [2.24, 2.45) is 11.8 Å². The number of nitrogens with zero attached hydrogens (tertiary/aromatic N) is 1. The first-order chi connectivity index (χ1) is 14.9. The smallest absolute Gasteiger partial charge is 0.326 e. The molecule has 2 N–H and O–H groups in total. The van der Waals surface area contributed by atoms with Crippen molar-refractivity contribution in [2.75, 3.05) is 26.4 Å². The number of likely N-dealkylation sites (tertiary alicyclic amines) is 1. The van der Waals surface area contributed by atoms with Crippen molar-refractivity contribution >= 4 is 17.8 Å². The Labute approximate surface area is 182 Å². The normalized spacial score (nSPS) is 24.8. The van der Waals surface area contributed by atoms with Gasteiger partial charge in [0.15, 0.2) is 0 Å². The summed E-state index contributed by atoms with van der Waals surface area (Å²) in [6.07, 6.45) is 1.52. The number of rotatable bonds is 9. The third kappa shape index (κ3) is 5.83. The summed E-state index contributed by atoms with van der Waals surface area (Å²) in [6.45, 7) is 5.13. The topological polar surface area (TPSA) is 105 Å². The van der Waals surface area contributed by atoms with Crippen LogP contribution in [0.2, 0.25) is 0 Å². The van der Waals surface area contributed by atoms with Crippen molar-refractivity contribution in [3.8, 4) is 0 Å². The van der Waals surface area contributed by atoms with Crippen molar-refractivity contribution in [2.45, 2.75) is 51.2 Å². The molecular formula is C23H32N2O6. The van der Waals surface area contributed by atoms with E-state index >= 15 is 0 Å². The molecule has 3 rings (SSSR count). The van der Waals surface area contributed by atoms with Gasteiger partial charge in [0.1, 0.15) is 12.1 Å². The number of esters is 1. The number of fused-ring (bicyclic) bond motifs is 1. The van der Waals surface area contributed by atoms with Gasteiger partial charge in [-0.15, -0.1) is 0 Å². The maximum atomic E-state index is 13.2. The molecule has 2 saturated heterocycles. The number of ether oxygens (including phenoxy) is 2. The molecule has 5 atom stereocenters. The van der Waals surface area contributed by atoms with Crippen LogP contribution in [0, 0.1) is 11.8 Å². The molecule has 0 bridgehead atoms. The van der Waals surface area contributed by atoms with Crippen molar-refractivity contribution in [1.29, 1.82) is 0 Å². The summed E-state index contributed by atoms with van der Waals surface area (Å²) < 4.78 is 10.7. The Hall–Kier alpha value is -2.45. The molecule has 31 heavy (non-hydrogen) atoms. The number of aryl methyl sites for hydroxylation is 1. The van der Waals surface area contributed by atoms with Gasteiger partial charge in [-0.2, -0.15) is 0 Å². The highest BCUT2D eigenvalue weighted by molar-refractivity contribution is 5.87. The quantitative estimate of drug-likeness (QED) is 0.570. The Kier molecular flexibility index (Phi) is 8.03. The zero-order valence-corrected chi connectivity index (χ0v) is 18.2. The predicted molar refractivity (Wildman–Crippen MR) is 113 cm³/mol. The fraction of sp³-hybridized carbons (Fsp3) is 0.609. The van der Waals surface area contributed by atoms with Crippen LogP contribution in [0.5, 0.6) is 0 Å². The van der Waals surface area contributed by atoms with Crippen LogP contribution >= 0.6 is 0 Å². The number of carbonyl (C=O) groups excluding carboxylic acids is 2. The third-order valence-electron chi connectivity index (χ3n) is 6.19. The van der Waals surface area contributed by atoms with Crippen LogP contribution in [0.4, 0.5) is 0 Å². The van der Waals surface area contributed by atoms with Gasteiger partial charge in [-0.25, -0.2) is 4.79 Å². The zero-order valence-electron chi connectivity index (χ0n) is 18.2. The predicted octanol–water partition coefficient (Wildman–Crippen LogP) is 1.48. The molecule has 170 valence electrons. The van der Waals surface area contributed by atoms with Crippen molar-refractivity contribution in [1.82, 2.24) is 10.2 Å². The molecule has 0 spiro atoms. The molecular weight excluding hydrogens is 400 g/mol. The molecule has 4 unspecified atom stereocenters. The minimum atomic E-state index is -1.00. The van der Waals surface area contributed by atoms with Crippen molar-refractivity contribution in [3.05, 3.63) is 35.9 Å². The molecule has 1 aromatic carbocycles. The number of carbonyl (C=O) groups is 3. The number of piperidine rings is 1. The Morgan fingerprint density at radius 2 is 1.94 bits per heavy atom. The number of carboxylic acids is 1. The van der Waals surface area contributed by atoms with E-state index in [0.29, 0.717) is 39.0 Å². The Balaban J connectivity index is 1.67. The first kappa shape index (κ1) is 23.2. The second-order valence-electron chi connectivity index (χ2n) is 8.36. The van der Waals surface area contributed by atoms with Gasteiger partial charge in [0.2, 0.25) is 5.91 Å². The summed E-state index contributed by atoms with van der Waals surface area (Å²) in [5.74, 6) is -1.39. The van der Waals surface area contributed by atoms with Gasteiger partial charge in [0.05, 0.1) is 19.3 Å². The standard InChI is InChI=1S/C23H32N2O6/c1-3-31-23(29)19(10-9-16-7-5-4-6-8-16)24-15(2)21(26)25-12-18-14-30-13-17(18)11-20(25)22(27)28/h4-8,15,17-20,24H,3,9-14H2,1-2H3,(H,27,28)/t15-,17?,18?,19?,20?/m0/s1. The summed E-state index contributed by atoms with van der Waals surface area (Å²) in [4.78, 5) is 39.0. The zero-order chi connectivity index (χ0) is 22.4. The average Bonchev–Trinajstić information content (AvgIpc) is 3.23. The largest absolute Gasteiger partial charge is 0.480 e. The summed E-state index contributed by atoms with van der Waals surface area (Å²) in [6, 6.07) is 7.55. The molecule has 2 fully saturated rings. The van der Waals surface area contributed by atoms with Gasteiger partial charge in [0, 0.05) is 19.1 Å². The molecule has 1 aromatic rings. The van der Waals surface area contributed by atoms with Crippen molar-refractivity contribution < 1.29 is 29.0 Å². The van der Waals surface area contributed by atoms with E-state index in [1.807, 2.05) is 30.3 Å². The average molecular weight is 433 g/mol. The van der Waals surface area contributed by atoms with Gasteiger partial charge < -0.3 is 19.5 Å². The van der Waals surface area contributed by atoms with Crippen LogP contribution in [-0.2, 0) is 30.3 Å². The SMILES string of the molecule is CCOC(=O)C(CCc1ccccc1)N[C@@H](C)C(=O)N1CC2COCC2CC1C(=O)O. The molecule has 2 aliphatic rings. The van der Waals surface area contributed by atoms with Gasteiger partial charge in [-0.3, -0.25) is 14.9 Å². The minimum Gasteiger partial charge on any atom is -0.480 e. The second-order valence-corrected chi connectivity index (χ2v) is 8.36. The molecule has 2 aliphatic heterocycles. The lowest BCUT2D eigenvalue weighted by atomic mass is 9.84. The maximum Gasteiger partial charge on any atom is 0.326 e. The van der Waals surface area contributed by atoms with Crippen molar-refractivity contribution in [3.63, 3.8) is 0 Å². The summed E-state index contributed by atoms with van der Waals surface area (Å²) >= 11 is 0. The van der Waals surface area contributed by atoms with E-state index in [2.05, 4.69) is 5.32 Å². The van der Waals surface area contributed by atoms with E-state index in [0.717, 1.165) is 5.56 Å². The van der Waals surface area contributed by atoms with Crippen LogP contribution in [0.3, 0.4) is 0 Å². The van der Waals surface area contributed by atoms with E-state index < -0.39 is 30.1 Å². The highest BCUT2D eigenvalue weighted by atomic mass is 16.5. The third-order valence-corrected chi connectivity index (χ3v) is 6.19. The van der Waals surface area contributed by atoms with E-state index in [-0.39, 0.29) is 24.3 Å². The second kappa shape index (κ2) is 10.7. The number of aliphatic carboxylic acids is 1. The fourth-order valence-corrected chi connectivity index (χ4v) is 4.47. The minimum absolute atomic E-state index is 0.158. The number of carboxylic acid groups (broad SMARTS) is 1. The fourth-order valence-electron chi connectivity index (χ4n) is 4.47. The van der Waals surface area contributed by atoms with Crippen LogP contribution in [0.25, 0.3) is 0 Å². The number of nitrogens with one attached hydrogen (secondary N) is 1. The molecule has 0 aromatic heterocycles. The molecule has 0 aliphatic carbocycles. The molecule has 8 heteroatoms. The number of amides is 1. The highest BCUT2D eigenvalue weighted by Gasteiger charge is 2.44. The number of hydrogen-bond acceptors (Lipinski definition) is 6. The Bertz CT molecular complexity index is 771. The monoisotopic (exact) mass is 432 g/mol. The summed E-state index contributed by atoms with van der Waals surface area (Å²) in [5, 5.41) is 12.8. The first-order valence-corrected chi connectivity index (χ1v) is 11.0. The number of hydrogen-bond donors (Lipinski definition) is 2. The van der Waals surface area contributed by atoms with Crippen LogP contribution in [0.1, 0.15) is 32.3 Å². The van der Waals surface area contributed by atoms with E-state index in [1.54, 1.807) is 13.8 Å². The molecule has 0 saturated carbocycles. The lowest BCUT2D eigenvalue weighted by molar-refractivity contribution is -0.155. The van der Waals surface area contributed by atoms with E-state index in [1.165, 1.54) is 4.90 Å². The molecule has 8 nitrogen and oxygen atoms in total. The number of benzene rings is 1. The lowest BCUT2D eigenvalue weighted by Crippen LogP contribution is -2.59. The molecule has 2 heterocycles. The van der Waals surface area contributed by atoms with Gasteiger partial charge in [-0.05, 0) is 44.6 Å². The van der Waals surface area contributed by atoms with Crippen LogP contribution < -0.4 is 5.32 Å². The van der Waals surface area contributed by atoms with E-state index in [9.17, 15) is 19.5 Å². The highest BCUT2D eigenvalue weighted by Crippen LogP contribution is 2.33. The van der Waals surface area contributed by atoms with Crippen LogP contribution in [-0.4, -0.2) is 72.3 Å². The van der Waals surface area contributed by atoms with Gasteiger partial charge in [-0.1, -0.05) is 30.3 Å². The lowest BCUT2D eigenvalue weighted by Gasteiger charge is -2.40. The Morgan fingerprint density at radius 1 is 1.23 bits per heavy atom. The van der Waals surface area contributed by atoms with Gasteiger partial charge >= 0.3 is 11.9 Å².